The fourth-order valence-corrected chi connectivity index (χ4v) is 14.5. The molecule has 7 fully saturated rings. The lowest BCUT2D eigenvalue weighted by Crippen LogP contribution is -2.66. The summed E-state index contributed by atoms with van der Waals surface area (Å²) in [6.45, 7) is 17.5. The number of carboxylic acids is 1. The smallest absolute Gasteiger partial charge is 0.310 e. The third-order valence-electron chi connectivity index (χ3n) is 18.5. The summed E-state index contributed by atoms with van der Waals surface area (Å²) < 4.78 is 36.2. The van der Waals surface area contributed by atoms with Gasteiger partial charge >= 0.3 is 5.97 Å². The normalized spacial score (nSPS) is 54.3. The molecule has 3 aliphatic heterocycles. The highest BCUT2D eigenvalue weighted by molar-refractivity contribution is 5.76. The van der Waals surface area contributed by atoms with Crippen LogP contribution in [0.4, 0.5) is 0 Å². The van der Waals surface area contributed by atoms with Crippen molar-refractivity contribution in [3.05, 3.63) is 11.6 Å². The second-order valence-corrected chi connectivity index (χ2v) is 22.6. The van der Waals surface area contributed by atoms with Gasteiger partial charge in [-0.1, -0.05) is 60.1 Å². The van der Waals surface area contributed by atoms with E-state index in [-0.39, 0.29) is 58.2 Å². The summed E-state index contributed by atoms with van der Waals surface area (Å²) in [7, 11) is 0. The summed E-state index contributed by atoms with van der Waals surface area (Å²) >= 11 is 0. The molecule has 4 saturated carbocycles. The van der Waals surface area contributed by atoms with Gasteiger partial charge in [0.15, 0.2) is 18.9 Å². The number of fused-ring (bicyclic) bond motifs is 7. The monoisotopic (exact) mass is 867 g/mol. The van der Waals surface area contributed by atoms with E-state index in [4.69, 9.17) is 28.4 Å². The molecule has 15 heteroatoms. The van der Waals surface area contributed by atoms with E-state index >= 15 is 0 Å². The van der Waals surface area contributed by atoms with Crippen LogP contribution in [0.25, 0.3) is 0 Å². The Hall–Kier alpha value is -1.31. The molecular formula is C46H74O15. The Balaban J connectivity index is 1.00. The second kappa shape index (κ2) is 15.9. The van der Waals surface area contributed by atoms with Crippen LogP contribution in [0.2, 0.25) is 0 Å². The molecule has 21 atom stereocenters. The first-order valence-corrected chi connectivity index (χ1v) is 23.0. The molecule has 3 saturated heterocycles. The molecule has 3 heterocycles. The predicted octanol–water partition coefficient (Wildman–Crippen LogP) is 3.01. The third kappa shape index (κ3) is 7.21. The Morgan fingerprint density at radius 1 is 0.672 bits per heavy atom. The van der Waals surface area contributed by atoms with Gasteiger partial charge in [-0.2, -0.15) is 0 Å². The van der Waals surface area contributed by atoms with Crippen molar-refractivity contribution in [2.45, 2.75) is 206 Å². The Kier molecular flexibility index (Phi) is 12.1. The molecule has 0 aromatic heterocycles. The summed E-state index contributed by atoms with van der Waals surface area (Å²) in [6, 6.07) is 0. The van der Waals surface area contributed by atoms with E-state index < -0.39 is 91.3 Å². The SMILES string of the molecule is C[C@@H]1O[C@@H](O[C@H]2[C@H](O[C@H]3CC[C@@]4(C)C(CC[C@]5(C)C4CC=C4C6CC(C)(C)CC[C@]6(C(=O)O)CC[C@]45C)C3(C)C)OC[C@@H](O)[C@@H]2O)[C@H](O)[C@H](O[C@@H]2OC[C@@H](O)[C@@H](O)[C@H]2O)[C@H]1O. The minimum Gasteiger partial charge on any atom is -0.481 e. The summed E-state index contributed by atoms with van der Waals surface area (Å²) in [5, 5.41) is 85.9. The molecule has 8 rings (SSSR count). The number of ether oxygens (including phenoxy) is 6. The van der Waals surface area contributed by atoms with E-state index in [0.717, 1.165) is 57.8 Å². The molecule has 3 unspecified atom stereocenters. The van der Waals surface area contributed by atoms with Gasteiger partial charge in [0.25, 0.3) is 0 Å². The molecule has 15 nitrogen and oxygen atoms in total. The van der Waals surface area contributed by atoms with Crippen molar-refractivity contribution < 1.29 is 74.1 Å². The molecule has 0 aromatic rings. The van der Waals surface area contributed by atoms with Crippen molar-refractivity contribution in [1.82, 2.24) is 0 Å². The van der Waals surface area contributed by atoms with E-state index in [1.807, 2.05) is 0 Å². The third-order valence-corrected chi connectivity index (χ3v) is 18.5. The Morgan fingerprint density at radius 2 is 1.31 bits per heavy atom. The van der Waals surface area contributed by atoms with Gasteiger partial charge in [-0.15, -0.1) is 0 Å². The number of aliphatic hydroxyl groups excluding tert-OH is 7. The second-order valence-electron chi connectivity index (χ2n) is 22.6. The first-order valence-electron chi connectivity index (χ1n) is 23.0. The zero-order chi connectivity index (χ0) is 44.4. The van der Waals surface area contributed by atoms with Crippen LogP contribution in [0.5, 0.6) is 0 Å². The number of rotatable bonds is 7. The molecule has 0 aromatic carbocycles. The van der Waals surface area contributed by atoms with Gasteiger partial charge in [0.2, 0.25) is 0 Å². The van der Waals surface area contributed by atoms with Crippen LogP contribution in [0, 0.1) is 50.2 Å². The van der Waals surface area contributed by atoms with Gasteiger partial charge < -0.3 is 69.3 Å². The van der Waals surface area contributed by atoms with E-state index in [1.54, 1.807) is 0 Å². The maximum absolute atomic E-state index is 13.1. The molecule has 8 N–H and O–H groups in total. The minimum atomic E-state index is -1.69. The number of hydrogen-bond donors (Lipinski definition) is 8. The van der Waals surface area contributed by atoms with Crippen molar-refractivity contribution in [1.29, 1.82) is 0 Å². The maximum Gasteiger partial charge on any atom is 0.310 e. The quantitative estimate of drug-likeness (QED) is 0.136. The average molecular weight is 867 g/mol. The van der Waals surface area contributed by atoms with E-state index in [9.17, 15) is 45.6 Å². The van der Waals surface area contributed by atoms with Gasteiger partial charge in [0, 0.05) is 0 Å². The zero-order valence-electron chi connectivity index (χ0n) is 37.3. The summed E-state index contributed by atoms with van der Waals surface area (Å²) in [5.41, 5.74) is 0.298. The predicted molar refractivity (Wildman–Crippen MR) is 217 cm³/mol. The summed E-state index contributed by atoms with van der Waals surface area (Å²) in [5.74, 6) is 0.0702. The minimum absolute atomic E-state index is 0.0145. The topological polar surface area (TPSA) is 234 Å². The molecule has 61 heavy (non-hydrogen) atoms. The summed E-state index contributed by atoms with van der Waals surface area (Å²) in [6.07, 6.45) is -7.57. The van der Waals surface area contributed by atoms with Crippen LogP contribution in [-0.4, -0.2) is 146 Å². The highest BCUT2D eigenvalue weighted by Crippen LogP contribution is 2.76. The molecular weight excluding hydrogens is 792 g/mol. The van der Waals surface area contributed by atoms with Gasteiger partial charge in [-0.25, -0.2) is 0 Å². The van der Waals surface area contributed by atoms with Crippen molar-refractivity contribution in [3.63, 3.8) is 0 Å². The maximum atomic E-state index is 13.1. The standard InChI is InChI=1S/C46H74O15/c1-22-30(49)35(60-37-33(52)31(50)25(47)20-56-37)34(53)38(58-22)61-36-32(51)26(48)21-57-39(36)59-29-12-13-43(6)27(42(29,4)5)11-14-45(8)28(43)10-9-23-24-19-41(2,3)15-17-46(24,40(54)55)18-16-44(23,45)7/h9,22,24-39,47-53H,10-21H2,1-8H3,(H,54,55)/t22-,24?,25+,26+,27?,28?,29-,30-,31+,32-,33+,34+,35+,36+,37-,38-,39-,43-,44+,45+,46-/m0/s1. The van der Waals surface area contributed by atoms with Crippen LogP contribution >= 0.6 is 0 Å². The Morgan fingerprint density at radius 3 is 2.00 bits per heavy atom. The lowest BCUT2D eigenvalue weighted by atomic mass is 9.33. The largest absolute Gasteiger partial charge is 0.481 e. The molecule has 348 valence electrons. The number of carbonyl (C=O) groups is 1. The van der Waals surface area contributed by atoms with Gasteiger partial charge in [0.1, 0.15) is 54.9 Å². The van der Waals surface area contributed by atoms with Crippen molar-refractivity contribution >= 4 is 5.97 Å². The van der Waals surface area contributed by atoms with E-state index in [1.165, 1.54) is 12.5 Å². The molecule has 0 spiro atoms. The molecule has 0 radical (unpaired) electrons. The number of aliphatic carboxylic acids is 1. The fraction of sp³-hybridized carbons (Fsp3) is 0.935. The van der Waals surface area contributed by atoms with E-state index in [0.29, 0.717) is 12.3 Å². The molecule has 0 amide bonds. The number of allylic oxidation sites excluding steroid dienone is 2. The van der Waals surface area contributed by atoms with Crippen LogP contribution in [0.15, 0.2) is 11.6 Å². The molecule has 0 bridgehead atoms. The number of hydrogen-bond acceptors (Lipinski definition) is 14. The lowest BCUT2D eigenvalue weighted by molar-refractivity contribution is -0.378. The van der Waals surface area contributed by atoms with Gasteiger partial charge in [-0.05, 0) is 116 Å². The van der Waals surface area contributed by atoms with Crippen LogP contribution in [-0.2, 0) is 33.2 Å². The Bertz CT molecular complexity index is 1670. The van der Waals surface area contributed by atoms with Crippen LogP contribution in [0.1, 0.15) is 120 Å². The number of aliphatic hydroxyl groups is 7. The van der Waals surface area contributed by atoms with Crippen molar-refractivity contribution in [2.75, 3.05) is 13.2 Å². The number of carboxylic acid groups (broad SMARTS) is 1. The van der Waals surface area contributed by atoms with Crippen LogP contribution in [0.3, 0.4) is 0 Å². The first kappa shape index (κ1) is 46.2. The van der Waals surface area contributed by atoms with Gasteiger partial charge in [0.05, 0.1) is 30.8 Å². The molecule has 8 aliphatic rings. The molecule has 5 aliphatic carbocycles. The highest BCUT2D eigenvalue weighted by Gasteiger charge is 2.69. The first-order chi connectivity index (χ1) is 28.4. The summed E-state index contributed by atoms with van der Waals surface area (Å²) in [4.78, 5) is 13.1. The van der Waals surface area contributed by atoms with Crippen molar-refractivity contribution in [3.8, 4) is 0 Å². The Labute approximate surface area is 360 Å². The van der Waals surface area contributed by atoms with Gasteiger partial charge in [-0.3, -0.25) is 4.79 Å². The lowest BCUT2D eigenvalue weighted by Gasteiger charge is -2.71. The average Bonchev–Trinajstić information content (AvgIpc) is 3.18. The zero-order valence-corrected chi connectivity index (χ0v) is 37.3. The fourth-order valence-electron chi connectivity index (χ4n) is 14.5. The van der Waals surface area contributed by atoms with Crippen LogP contribution < -0.4 is 0 Å². The highest BCUT2D eigenvalue weighted by atomic mass is 16.8. The van der Waals surface area contributed by atoms with E-state index in [2.05, 4.69) is 54.5 Å². The van der Waals surface area contributed by atoms with Crippen molar-refractivity contribution in [2.24, 2.45) is 50.2 Å².